The second-order valence-electron chi connectivity index (χ2n) is 3.42. The molecule has 0 spiro atoms. The van der Waals surface area contributed by atoms with Crippen LogP contribution in [0.1, 0.15) is 46.0 Å². The summed E-state index contributed by atoms with van der Waals surface area (Å²) in [6.07, 6.45) is 12.6. The van der Waals surface area contributed by atoms with Gasteiger partial charge in [-0.15, -0.1) is 0 Å². The van der Waals surface area contributed by atoms with E-state index >= 15 is 0 Å². The molecule has 1 heteroatoms. The van der Waals surface area contributed by atoms with Crippen molar-refractivity contribution in [3.8, 4) is 0 Å². The van der Waals surface area contributed by atoms with Crippen molar-refractivity contribution >= 4 is 6.21 Å². The summed E-state index contributed by atoms with van der Waals surface area (Å²) in [6, 6.07) is 0. The molecule has 0 aromatic carbocycles. The summed E-state index contributed by atoms with van der Waals surface area (Å²) in [6.45, 7) is 4.07. The van der Waals surface area contributed by atoms with Crippen LogP contribution < -0.4 is 0 Å². The zero-order valence-corrected chi connectivity index (χ0v) is 8.71. The Morgan fingerprint density at radius 3 is 2.54 bits per heavy atom. The summed E-state index contributed by atoms with van der Waals surface area (Å²) in [5, 5.41) is 0. The Bertz CT molecular complexity index is 210. The summed E-state index contributed by atoms with van der Waals surface area (Å²) in [4.78, 5) is 4.45. The van der Waals surface area contributed by atoms with Gasteiger partial charge in [-0.25, -0.2) is 0 Å². The van der Waals surface area contributed by atoms with Crippen LogP contribution in [0.2, 0.25) is 0 Å². The highest BCUT2D eigenvalue weighted by Gasteiger charge is 2.07. The first-order chi connectivity index (χ1) is 6.38. The van der Waals surface area contributed by atoms with Crippen LogP contribution in [-0.4, -0.2) is 6.21 Å². The highest BCUT2D eigenvalue weighted by atomic mass is 14.7. The number of hydrogen-bond acceptors (Lipinski definition) is 1. The third-order valence-electron chi connectivity index (χ3n) is 2.38. The third-order valence-corrected chi connectivity index (χ3v) is 2.38. The average Bonchev–Trinajstić information content (AvgIpc) is 2.33. The van der Waals surface area contributed by atoms with Crippen molar-refractivity contribution in [3.63, 3.8) is 0 Å². The zero-order chi connectivity index (χ0) is 9.52. The lowest BCUT2D eigenvalue weighted by atomic mass is 10.1. The summed E-state index contributed by atoms with van der Waals surface area (Å²) >= 11 is 0. The van der Waals surface area contributed by atoms with Gasteiger partial charge in [0.15, 0.2) is 0 Å². The molecule has 1 aliphatic rings. The SMILES string of the molecule is CC=NC1=C(/C=C\C)CCCCC1. The molecular weight excluding hydrogens is 158 g/mol. The van der Waals surface area contributed by atoms with Crippen molar-refractivity contribution in [1.82, 2.24) is 0 Å². The zero-order valence-electron chi connectivity index (χ0n) is 8.71. The predicted octanol–water partition coefficient (Wildman–Crippen LogP) is 3.87. The lowest BCUT2D eigenvalue weighted by Gasteiger charge is -2.02. The van der Waals surface area contributed by atoms with Crippen LogP contribution in [0.5, 0.6) is 0 Å². The average molecular weight is 177 g/mol. The lowest BCUT2D eigenvalue weighted by Crippen LogP contribution is -1.84. The molecule has 0 aromatic rings. The second kappa shape index (κ2) is 5.74. The van der Waals surface area contributed by atoms with Crippen molar-refractivity contribution in [1.29, 1.82) is 0 Å². The predicted molar refractivity (Wildman–Crippen MR) is 59.1 cm³/mol. The molecule has 0 fully saturated rings. The first-order valence-electron chi connectivity index (χ1n) is 5.22. The molecule has 13 heavy (non-hydrogen) atoms. The molecule has 1 nitrogen and oxygen atoms in total. The fourth-order valence-electron chi connectivity index (χ4n) is 1.77. The smallest absolute Gasteiger partial charge is 0.0431 e. The molecular formula is C12H19N. The molecule has 0 bridgehead atoms. The first-order valence-corrected chi connectivity index (χ1v) is 5.22. The summed E-state index contributed by atoms with van der Waals surface area (Å²) in [7, 11) is 0. The molecule has 0 N–H and O–H groups in total. The van der Waals surface area contributed by atoms with Crippen LogP contribution in [0.15, 0.2) is 28.4 Å². The monoisotopic (exact) mass is 177 g/mol. The molecule has 0 heterocycles. The second-order valence-corrected chi connectivity index (χ2v) is 3.42. The van der Waals surface area contributed by atoms with Gasteiger partial charge < -0.3 is 0 Å². The molecule has 0 saturated heterocycles. The Hall–Kier alpha value is -0.850. The molecule has 1 aliphatic carbocycles. The minimum Gasteiger partial charge on any atom is -0.266 e. The van der Waals surface area contributed by atoms with E-state index in [-0.39, 0.29) is 0 Å². The molecule has 0 unspecified atom stereocenters. The molecule has 72 valence electrons. The topological polar surface area (TPSA) is 12.4 Å². The van der Waals surface area contributed by atoms with Crippen molar-refractivity contribution in [2.24, 2.45) is 4.99 Å². The van der Waals surface area contributed by atoms with E-state index in [2.05, 4.69) is 24.1 Å². The number of hydrogen-bond donors (Lipinski definition) is 0. The van der Waals surface area contributed by atoms with Crippen LogP contribution in [0, 0.1) is 0 Å². The molecule has 1 rings (SSSR count). The van der Waals surface area contributed by atoms with E-state index in [0.29, 0.717) is 0 Å². The summed E-state index contributed by atoms with van der Waals surface area (Å²) in [5.74, 6) is 0. The van der Waals surface area contributed by atoms with E-state index in [9.17, 15) is 0 Å². The maximum atomic E-state index is 4.45. The Labute approximate surface area is 81.3 Å². The molecule has 0 aliphatic heterocycles. The largest absolute Gasteiger partial charge is 0.266 e. The van der Waals surface area contributed by atoms with E-state index in [4.69, 9.17) is 0 Å². The van der Waals surface area contributed by atoms with Crippen molar-refractivity contribution in [2.75, 3.05) is 0 Å². The van der Waals surface area contributed by atoms with Crippen LogP contribution in [0.4, 0.5) is 0 Å². The van der Waals surface area contributed by atoms with E-state index in [1.807, 2.05) is 13.1 Å². The van der Waals surface area contributed by atoms with Gasteiger partial charge >= 0.3 is 0 Å². The minimum atomic E-state index is 1.16. The molecule has 0 saturated carbocycles. The van der Waals surface area contributed by atoms with Crippen molar-refractivity contribution in [3.05, 3.63) is 23.4 Å². The van der Waals surface area contributed by atoms with Gasteiger partial charge in [0.2, 0.25) is 0 Å². The van der Waals surface area contributed by atoms with E-state index < -0.39 is 0 Å². The standard InChI is InChI=1S/C12H19N/c1-3-8-11-9-6-5-7-10-12(11)13-4-2/h3-4,8H,5-7,9-10H2,1-2H3/b8-3-,13-4?. The van der Waals surface area contributed by atoms with Crippen molar-refractivity contribution < 1.29 is 0 Å². The Balaban J connectivity index is 2.84. The van der Waals surface area contributed by atoms with Gasteiger partial charge in [-0.2, -0.15) is 0 Å². The maximum Gasteiger partial charge on any atom is 0.0431 e. The number of rotatable bonds is 2. The van der Waals surface area contributed by atoms with Gasteiger partial charge in [0.05, 0.1) is 0 Å². The molecule has 0 atom stereocenters. The van der Waals surface area contributed by atoms with E-state index in [0.717, 1.165) is 6.42 Å². The van der Waals surface area contributed by atoms with Gasteiger partial charge in [-0.3, -0.25) is 4.99 Å². The number of allylic oxidation sites excluding steroid dienone is 4. The van der Waals surface area contributed by atoms with Gasteiger partial charge in [0, 0.05) is 11.9 Å². The van der Waals surface area contributed by atoms with E-state index in [1.165, 1.54) is 37.0 Å². The van der Waals surface area contributed by atoms with E-state index in [1.54, 1.807) is 0 Å². The molecule has 0 radical (unpaired) electrons. The highest BCUT2D eigenvalue weighted by molar-refractivity contribution is 5.56. The fraction of sp³-hybridized carbons (Fsp3) is 0.583. The lowest BCUT2D eigenvalue weighted by molar-refractivity contribution is 0.707. The quantitative estimate of drug-likeness (QED) is 0.568. The van der Waals surface area contributed by atoms with Crippen LogP contribution >= 0.6 is 0 Å². The molecule has 0 aromatic heterocycles. The van der Waals surface area contributed by atoms with Crippen LogP contribution in [0.25, 0.3) is 0 Å². The fourth-order valence-corrected chi connectivity index (χ4v) is 1.77. The van der Waals surface area contributed by atoms with Gasteiger partial charge in [-0.05, 0) is 45.1 Å². The normalized spacial score (nSPS) is 20.2. The van der Waals surface area contributed by atoms with Crippen LogP contribution in [-0.2, 0) is 0 Å². The Morgan fingerprint density at radius 2 is 1.85 bits per heavy atom. The summed E-state index contributed by atoms with van der Waals surface area (Å²) < 4.78 is 0. The number of aliphatic imine (C=N–C) groups is 1. The first kappa shape index (κ1) is 10.2. The Kier molecular flexibility index (Phi) is 4.52. The highest BCUT2D eigenvalue weighted by Crippen LogP contribution is 2.25. The maximum absolute atomic E-state index is 4.45. The van der Waals surface area contributed by atoms with Crippen molar-refractivity contribution in [2.45, 2.75) is 46.0 Å². The van der Waals surface area contributed by atoms with Gasteiger partial charge in [-0.1, -0.05) is 18.6 Å². The summed E-state index contributed by atoms with van der Waals surface area (Å²) in [5.41, 5.74) is 2.75. The van der Waals surface area contributed by atoms with Gasteiger partial charge in [0.25, 0.3) is 0 Å². The van der Waals surface area contributed by atoms with Gasteiger partial charge in [0.1, 0.15) is 0 Å². The van der Waals surface area contributed by atoms with Crippen LogP contribution in [0.3, 0.4) is 0 Å². The third kappa shape index (κ3) is 3.17. The Morgan fingerprint density at radius 1 is 1.08 bits per heavy atom. The number of nitrogens with zero attached hydrogens (tertiary/aromatic N) is 1. The molecule has 0 amide bonds. The minimum absolute atomic E-state index is 1.16.